The third-order valence-corrected chi connectivity index (χ3v) is 3.43. The monoisotopic (exact) mass is 282 g/mol. The fourth-order valence-corrected chi connectivity index (χ4v) is 2.38. The highest BCUT2D eigenvalue weighted by atomic mass is 15.3. The third-order valence-electron chi connectivity index (χ3n) is 3.43. The molecule has 0 atom stereocenters. The Bertz CT molecular complexity index is 773. The van der Waals surface area contributed by atoms with Crippen LogP contribution in [0.1, 0.15) is 31.1 Å². The van der Waals surface area contributed by atoms with Crippen molar-refractivity contribution in [3.8, 4) is 0 Å². The van der Waals surface area contributed by atoms with E-state index in [2.05, 4.69) is 28.9 Å². The topological polar surface area (TPSA) is 95.6 Å². The van der Waals surface area contributed by atoms with Crippen molar-refractivity contribution in [1.82, 2.24) is 19.7 Å². The van der Waals surface area contributed by atoms with Gasteiger partial charge in [0.05, 0.1) is 11.1 Å². The van der Waals surface area contributed by atoms with Gasteiger partial charge in [-0.3, -0.25) is 0 Å². The number of benzene rings is 1. The Morgan fingerprint density at radius 2 is 1.81 bits per heavy atom. The van der Waals surface area contributed by atoms with Crippen LogP contribution in [-0.4, -0.2) is 19.7 Å². The molecule has 4 N–H and O–H groups in total. The van der Waals surface area contributed by atoms with Crippen LogP contribution in [0.3, 0.4) is 0 Å². The van der Waals surface area contributed by atoms with Gasteiger partial charge in [0.1, 0.15) is 12.1 Å². The van der Waals surface area contributed by atoms with Crippen LogP contribution in [0.15, 0.2) is 30.6 Å². The second kappa shape index (κ2) is 5.05. The zero-order valence-corrected chi connectivity index (χ0v) is 12.1. The number of hydrogen-bond acceptors (Lipinski definition) is 5. The average Bonchev–Trinajstić information content (AvgIpc) is 2.82. The summed E-state index contributed by atoms with van der Waals surface area (Å²) in [5.74, 6) is 0.470. The van der Waals surface area contributed by atoms with Crippen molar-refractivity contribution in [2.24, 2.45) is 0 Å². The summed E-state index contributed by atoms with van der Waals surface area (Å²) in [5.41, 5.74) is 15.3. The van der Waals surface area contributed by atoms with Crippen LogP contribution in [-0.2, 0) is 6.42 Å². The number of nitrogens with zero attached hydrogens (tertiary/aromatic N) is 4. The summed E-state index contributed by atoms with van der Waals surface area (Å²) in [6, 6.07) is 7.97. The van der Waals surface area contributed by atoms with E-state index in [0.717, 1.165) is 28.0 Å². The molecule has 21 heavy (non-hydrogen) atoms. The van der Waals surface area contributed by atoms with Crippen molar-refractivity contribution in [2.75, 3.05) is 11.5 Å². The van der Waals surface area contributed by atoms with E-state index in [4.69, 9.17) is 11.5 Å². The molecule has 0 spiro atoms. The zero-order valence-electron chi connectivity index (χ0n) is 12.1. The molecule has 2 aromatic heterocycles. The molecule has 6 nitrogen and oxygen atoms in total. The standard InChI is InChI=1S/C15H18N6/c1-9(2)21-15-13(14(17)18-8-19-15)12(20-21)7-10-3-5-11(16)6-4-10/h3-6,8-9H,7,16H2,1-2H3,(H2,17,18,19). The van der Waals surface area contributed by atoms with Crippen molar-refractivity contribution in [3.63, 3.8) is 0 Å². The number of nitrogen functional groups attached to an aromatic ring is 2. The molecule has 0 fully saturated rings. The van der Waals surface area contributed by atoms with E-state index in [9.17, 15) is 0 Å². The van der Waals surface area contributed by atoms with Crippen molar-refractivity contribution in [1.29, 1.82) is 0 Å². The van der Waals surface area contributed by atoms with Crippen molar-refractivity contribution >= 4 is 22.5 Å². The molecule has 0 radical (unpaired) electrons. The Hall–Kier alpha value is -2.63. The Morgan fingerprint density at radius 1 is 1.10 bits per heavy atom. The maximum absolute atomic E-state index is 6.02. The van der Waals surface area contributed by atoms with Crippen LogP contribution >= 0.6 is 0 Å². The first-order valence-corrected chi connectivity index (χ1v) is 6.88. The predicted octanol–water partition coefficient (Wildman–Crippen LogP) is 2.16. The number of nitrogens with two attached hydrogens (primary N) is 2. The Labute approximate surface area is 122 Å². The van der Waals surface area contributed by atoms with E-state index < -0.39 is 0 Å². The second-order valence-corrected chi connectivity index (χ2v) is 5.36. The number of aromatic nitrogens is 4. The van der Waals surface area contributed by atoms with Crippen LogP contribution in [0, 0.1) is 0 Å². The number of hydrogen-bond donors (Lipinski definition) is 2. The Balaban J connectivity index is 2.11. The van der Waals surface area contributed by atoms with Gasteiger partial charge >= 0.3 is 0 Å². The SMILES string of the molecule is CC(C)n1nc(Cc2ccc(N)cc2)c2c(N)ncnc21. The molecule has 0 unspecified atom stereocenters. The number of fused-ring (bicyclic) bond motifs is 1. The maximum atomic E-state index is 6.02. The smallest absolute Gasteiger partial charge is 0.163 e. The highest BCUT2D eigenvalue weighted by Crippen LogP contribution is 2.25. The highest BCUT2D eigenvalue weighted by Gasteiger charge is 2.17. The van der Waals surface area contributed by atoms with Crippen molar-refractivity contribution < 1.29 is 0 Å². The molecule has 3 aromatic rings. The summed E-state index contributed by atoms with van der Waals surface area (Å²) in [6.07, 6.45) is 2.15. The van der Waals surface area contributed by atoms with Gasteiger partial charge in [0.25, 0.3) is 0 Å². The zero-order chi connectivity index (χ0) is 15.0. The van der Waals surface area contributed by atoms with Gasteiger partial charge in [0.2, 0.25) is 0 Å². The van der Waals surface area contributed by atoms with E-state index in [-0.39, 0.29) is 6.04 Å². The minimum Gasteiger partial charge on any atom is -0.399 e. The normalized spacial score (nSPS) is 11.4. The van der Waals surface area contributed by atoms with Gasteiger partial charge < -0.3 is 11.5 Å². The van der Waals surface area contributed by atoms with Gasteiger partial charge in [0, 0.05) is 18.2 Å². The van der Waals surface area contributed by atoms with Gasteiger partial charge in [-0.25, -0.2) is 14.6 Å². The molecular formula is C15H18N6. The van der Waals surface area contributed by atoms with E-state index in [1.54, 1.807) is 0 Å². The molecule has 0 bridgehead atoms. The third kappa shape index (κ3) is 2.40. The van der Waals surface area contributed by atoms with Crippen LogP contribution in [0.5, 0.6) is 0 Å². The summed E-state index contributed by atoms with van der Waals surface area (Å²) in [7, 11) is 0. The Morgan fingerprint density at radius 3 is 2.48 bits per heavy atom. The highest BCUT2D eigenvalue weighted by molar-refractivity contribution is 5.88. The first kappa shape index (κ1) is 13.4. The summed E-state index contributed by atoms with van der Waals surface area (Å²) in [6.45, 7) is 4.13. The van der Waals surface area contributed by atoms with Gasteiger partial charge in [0.15, 0.2) is 5.65 Å². The van der Waals surface area contributed by atoms with Crippen LogP contribution in [0.25, 0.3) is 11.0 Å². The molecule has 0 aliphatic heterocycles. The number of anilines is 2. The first-order chi connectivity index (χ1) is 10.1. The van der Waals surface area contributed by atoms with Crippen LogP contribution in [0.2, 0.25) is 0 Å². The molecule has 108 valence electrons. The van der Waals surface area contributed by atoms with E-state index in [0.29, 0.717) is 12.2 Å². The fourth-order valence-electron chi connectivity index (χ4n) is 2.38. The molecule has 0 aliphatic rings. The summed E-state index contributed by atoms with van der Waals surface area (Å²) in [5, 5.41) is 5.51. The molecule has 0 saturated heterocycles. The molecule has 2 heterocycles. The Kier molecular flexibility index (Phi) is 3.21. The summed E-state index contributed by atoms with van der Waals surface area (Å²) in [4.78, 5) is 8.42. The van der Waals surface area contributed by atoms with E-state index in [1.807, 2.05) is 28.9 Å². The molecule has 0 amide bonds. The van der Waals surface area contributed by atoms with Crippen molar-refractivity contribution in [3.05, 3.63) is 41.9 Å². The molecule has 1 aromatic carbocycles. The largest absolute Gasteiger partial charge is 0.399 e. The molecule has 0 saturated carbocycles. The van der Waals surface area contributed by atoms with Crippen LogP contribution < -0.4 is 11.5 Å². The van der Waals surface area contributed by atoms with Crippen LogP contribution in [0.4, 0.5) is 11.5 Å². The fraction of sp³-hybridized carbons (Fsp3) is 0.267. The molecule has 0 aliphatic carbocycles. The molecular weight excluding hydrogens is 264 g/mol. The van der Waals surface area contributed by atoms with E-state index >= 15 is 0 Å². The van der Waals surface area contributed by atoms with Gasteiger partial charge in [-0.05, 0) is 31.5 Å². The lowest BCUT2D eigenvalue weighted by atomic mass is 10.1. The summed E-state index contributed by atoms with van der Waals surface area (Å²) >= 11 is 0. The van der Waals surface area contributed by atoms with Crippen molar-refractivity contribution in [2.45, 2.75) is 26.3 Å². The molecule has 6 heteroatoms. The second-order valence-electron chi connectivity index (χ2n) is 5.36. The lowest BCUT2D eigenvalue weighted by Crippen LogP contribution is -2.04. The quantitative estimate of drug-likeness (QED) is 0.718. The average molecular weight is 282 g/mol. The van der Waals surface area contributed by atoms with E-state index in [1.165, 1.54) is 6.33 Å². The lowest BCUT2D eigenvalue weighted by Gasteiger charge is -2.05. The predicted molar refractivity (Wildman–Crippen MR) is 83.8 cm³/mol. The first-order valence-electron chi connectivity index (χ1n) is 6.88. The van der Waals surface area contributed by atoms with Gasteiger partial charge in [-0.1, -0.05) is 12.1 Å². The minimum atomic E-state index is 0.210. The lowest BCUT2D eigenvalue weighted by molar-refractivity contribution is 0.541. The van der Waals surface area contributed by atoms with Gasteiger partial charge in [-0.2, -0.15) is 5.10 Å². The maximum Gasteiger partial charge on any atom is 0.163 e. The number of rotatable bonds is 3. The molecule has 3 rings (SSSR count). The summed E-state index contributed by atoms with van der Waals surface area (Å²) < 4.78 is 1.89. The minimum absolute atomic E-state index is 0.210. The van der Waals surface area contributed by atoms with Gasteiger partial charge in [-0.15, -0.1) is 0 Å².